The number of aromatic nitrogens is 2. The standard InChI is InChI=1S/C17H16N4O4S2/c1-2-15(22)18-16-19-20-17(26-16)27(23,24)21-12-8-10-14(11-9-12)25-13-6-4-3-5-7-13/h3-11,21H,2H2,1H3,(H,18,19,22). The molecule has 0 unspecified atom stereocenters. The van der Waals surface area contributed by atoms with Gasteiger partial charge in [0.25, 0.3) is 14.4 Å². The van der Waals surface area contributed by atoms with Gasteiger partial charge < -0.3 is 10.1 Å². The number of carbonyl (C=O) groups is 1. The summed E-state index contributed by atoms with van der Waals surface area (Å²) in [7, 11) is -3.90. The second-order valence-electron chi connectivity index (χ2n) is 5.32. The van der Waals surface area contributed by atoms with Crippen LogP contribution in [-0.2, 0) is 14.8 Å². The molecule has 1 amide bonds. The zero-order valence-electron chi connectivity index (χ0n) is 14.2. The Kier molecular flexibility index (Phi) is 5.67. The van der Waals surface area contributed by atoms with Crippen molar-refractivity contribution in [2.45, 2.75) is 17.7 Å². The van der Waals surface area contributed by atoms with Gasteiger partial charge in [-0.15, -0.1) is 10.2 Å². The molecule has 2 N–H and O–H groups in total. The topological polar surface area (TPSA) is 110 Å². The Hall–Kier alpha value is -2.98. The van der Waals surface area contributed by atoms with Crippen molar-refractivity contribution in [1.29, 1.82) is 0 Å². The molecular formula is C17H16N4O4S2. The van der Waals surface area contributed by atoms with Crippen LogP contribution < -0.4 is 14.8 Å². The van der Waals surface area contributed by atoms with Crippen LogP contribution in [0.1, 0.15) is 13.3 Å². The number of carbonyl (C=O) groups excluding carboxylic acids is 1. The molecule has 10 heteroatoms. The van der Waals surface area contributed by atoms with Crippen molar-refractivity contribution in [3.8, 4) is 11.5 Å². The molecule has 1 aromatic heterocycles. The lowest BCUT2D eigenvalue weighted by Gasteiger charge is -2.08. The zero-order chi connectivity index (χ0) is 19.3. The van der Waals surface area contributed by atoms with Crippen LogP contribution in [0.15, 0.2) is 58.9 Å². The fraction of sp³-hybridized carbons (Fsp3) is 0.118. The van der Waals surface area contributed by atoms with E-state index in [1.807, 2.05) is 30.3 Å². The maximum atomic E-state index is 12.4. The van der Waals surface area contributed by atoms with Gasteiger partial charge in [-0.3, -0.25) is 9.52 Å². The van der Waals surface area contributed by atoms with E-state index in [4.69, 9.17) is 4.74 Å². The molecule has 0 saturated heterocycles. The van der Waals surface area contributed by atoms with E-state index in [0.29, 0.717) is 17.2 Å². The molecule has 0 aliphatic rings. The van der Waals surface area contributed by atoms with E-state index in [0.717, 1.165) is 11.3 Å². The first-order valence-electron chi connectivity index (χ1n) is 7.95. The number of benzene rings is 2. The maximum absolute atomic E-state index is 12.4. The summed E-state index contributed by atoms with van der Waals surface area (Å²) in [5.41, 5.74) is 0.352. The Morgan fingerprint density at radius 3 is 2.37 bits per heavy atom. The van der Waals surface area contributed by atoms with E-state index in [-0.39, 0.29) is 21.8 Å². The molecule has 140 valence electrons. The van der Waals surface area contributed by atoms with Gasteiger partial charge in [0.2, 0.25) is 11.0 Å². The first-order chi connectivity index (χ1) is 13.0. The third kappa shape index (κ3) is 5.02. The monoisotopic (exact) mass is 404 g/mol. The van der Waals surface area contributed by atoms with Crippen molar-refractivity contribution >= 4 is 38.1 Å². The van der Waals surface area contributed by atoms with E-state index in [1.54, 1.807) is 31.2 Å². The van der Waals surface area contributed by atoms with E-state index < -0.39 is 10.0 Å². The highest BCUT2D eigenvalue weighted by molar-refractivity contribution is 7.94. The molecule has 0 saturated carbocycles. The molecule has 2 aromatic carbocycles. The van der Waals surface area contributed by atoms with Crippen LogP contribution in [0.3, 0.4) is 0 Å². The minimum atomic E-state index is -3.90. The molecule has 0 aliphatic carbocycles. The number of hydrogen-bond donors (Lipinski definition) is 2. The lowest BCUT2D eigenvalue weighted by atomic mass is 10.3. The number of anilines is 2. The van der Waals surface area contributed by atoms with Crippen LogP contribution in [0.25, 0.3) is 0 Å². The van der Waals surface area contributed by atoms with Gasteiger partial charge >= 0.3 is 0 Å². The quantitative estimate of drug-likeness (QED) is 0.583. The summed E-state index contributed by atoms with van der Waals surface area (Å²) in [4.78, 5) is 11.3. The SMILES string of the molecule is CCC(=O)Nc1nnc(S(=O)(=O)Nc2ccc(Oc3ccccc3)cc2)s1. The normalized spacial score (nSPS) is 11.0. The number of amides is 1. The van der Waals surface area contributed by atoms with E-state index >= 15 is 0 Å². The molecule has 0 fully saturated rings. The second kappa shape index (κ2) is 8.14. The van der Waals surface area contributed by atoms with Crippen LogP contribution in [0.2, 0.25) is 0 Å². The Morgan fingerprint density at radius 2 is 1.70 bits per heavy atom. The number of hydrogen-bond acceptors (Lipinski definition) is 7. The molecule has 27 heavy (non-hydrogen) atoms. The van der Waals surface area contributed by atoms with Gasteiger partial charge in [0.15, 0.2) is 0 Å². The van der Waals surface area contributed by atoms with Crippen molar-refractivity contribution in [2.24, 2.45) is 0 Å². The van der Waals surface area contributed by atoms with E-state index in [9.17, 15) is 13.2 Å². The maximum Gasteiger partial charge on any atom is 0.291 e. The molecule has 0 spiro atoms. The number of para-hydroxylation sites is 1. The smallest absolute Gasteiger partial charge is 0.291 e. The molecule has 1 heterocycles. The van der Waals surface area contributed by atoms with Gasteiger partial charge in [0, 0.05) is 12.1 Å². The zero-order valence-corrected chi connectivity index (χ0v) is 15.9. The molecule has 0 atom stereocenters. The van der Waals surface area contributed by atoms with Gasteiger partial charge in [0.1, 0.15) is 11.5 Å². The Morgan fingerprint density at radius 1 is 1.04 bits per heavy atom. The predicted molar refractivity (Wildman–Crippen MR) is 103 cm³/mol. The average molecular weight is 404 g/mol. The van der Waals surface area contributed by atoms with Crippen LogP contribution >= 0.6 is 11.3 Å². The molecule has 0 radical (unpaired) electrons. The fourth-order valence-electron chi connectivity index (χ4n) is 1.99. The Bertz CT molecular complexity index is 1020. The summed E-state index contributed by atoms with van der Waals surface area (Å²) in [6, 6.07) is 15.7. The number of sulfonamides is 1. The van der Waals surface area contributed by atoms with Crippen LogP contribution in [0.5, 0.6) is 11.5 Å². The van der Waals surface area contributed by atoms with Gasteiger partial charge in [-0.05, 0) is 36.4 Å². The fourth-order valence-corrected chi connectivity index (χ4v) is 3.97. The first kappa shape index (κ1) is 18.8. The molecule has 3 rings (SSSR count). The lowest BCUT2D eigenvalue weighted by molar-refractivity contribution is -0.115. The summed E-state index contributed by atoms with van der Waals surface area (Å²) in [6.45, 7) is 1.68. The van der Waals surface area contributed by atoms with Crippen LogP contribution in [0, 0.1) is 0 Å². The summed E-state index contributed by atoms with van der Waals surface area (Å²) < 4.78 is 32.6. The Labute approximate surface area is 160 Å². The van der Waals surface area contributed by atoms with Crippen molar-refractivity contribution in [2.75, 3.05) is 10.0 Å². The van der Waals surface area contributed by atoms with Gasteiger partial charge in [-0.2, -0.15) is 8.42 Å². The van der Waals surface area contributed by atoms with Crippen molar-refractivity contribution in [1.82, 2.24) is 10.2 Å². The Balaban J connectivity index is 1.68. The highest BCUT2D eigenvalue weighted by Gasteiger charge is 2.21. The van der Waals surface area contributed by atoms with Gasteiger partial charge in [0.05, 0.1) is 0 Å². The number of rotatable bonds is 7. The lowest BCUT2D eigenvalue weighted by Crippen LogP contribution is -2.12. The van der Waals surface area contributed by atoms with Crippen LogP contribution in [-0.4, -0.2) is 24.5 Å². The summed E-state index contributed by atoms with van der Waals surface area (Å²) in [5, 5.41) is 9.90. The van der Waals surface area contributed by atoms with E-state index in [2.05, 4.69) is 20.2 Å². The minimum Gasteiger partial charge on any atom is -0.457 e. The highest BCUT2D eigenvalue weighted by atomic mass is 32.2. The van der Waals surface area contributed by atoms with Crippen molar-refractivity contribution < 1.29 is 17.9 Å². The van der Waals surface area contributed by atoms with Crippen molar-refractivity contribution in [3.63, 3.8) is 0 Å². The molecule has 0 aliphatic heterocycles. The number of nitrogens with zero attached hydrogens (tertiary/aromatic N) is 2. The second-order valence-corrected chi connectivity index (χ2v) is 8.15. The largest absolute Gasteiger partial charge is 0.457 e. The van der Waals surface area contributed by atoms with Crippen molar-refractivity contribution in [3.05, 3.63) is 54.6 Å². The van der Waals surface area contributed by atoms with E-state index in [1.165, 1.54) is 0 Å². The molecular weight excluding hydrogens is 388 g/mol. The van der Waals surface area contributed by atoms with Gasteiger partial charge in [-0.1, -0.05) is 36.5 Å². The van der Waals surface area contributed by atoms with Gasteiger partial charge in [-0.25, -0.2) is 0 Å². The highest BCUT2D eigenvalue weighted by Crippen LogP contribution is 2.25. The summed E-state index contributed by atoms with van der Waals surface area (Å²) in [5.74, 6) is 0.989. The average Bonchev–Trinajstić information content (AvgIpc) is 3.13. The molecule has 0 bridgehead atoms. The minimum absolute atomic E-state index is 0.133. The third-order valence-corrected chi connectivity index (χ3v) is 5.88. The third-order valence-electron chi connectivity index (χ3n) is 3.29. The summed E-state index contributed by atoms with van der Waals surface area (Å²) >= 11 is 0.778. The number of nitrogens with one attached hydrogen (secondary N) is 2. The molecule has 3 aromatic rings. The molecule has 8 nitrogen and oxygen atoms in total. The first-order valence-corrected chi connectivity index (χ1v) is 10.3. The number of ether oxygens (including phenoxy) is 1. The predicted octanol–water partition coefficient (Wildman–Crippen LogP) is 3.48. The summed E-state index contributed by atoms with van der Waals surface area (Å²) in [6.07, 6.45) is 0.261. The van der Waals surface area contributed by atoms with Crippen LogP contribution in [0.4, 0.5) is 10.8 Å².